The highest BCUT2D eigenvalue weighted by molar-refractivity contribution is 8.15. The fourth-order valence-corrected chi connectivity index (χ4v) is 5.22. The predicted molar refractivity (Wildman–Crippen MR) is 109 cm³/mol. The molecule has 1 aliphatic carbocycles. The van der Waals surface area contributed by atoms with Crippen LogP contribution in [0.3, 0.4) is 0 Å². The van der Waals surface area contributed by atoms with Crippen molar-refractivity contribution in [2.24, 2.45) is 16.6 Å². The van der Waals surface area contributed by atoms with Gasteiger partial charge in [-0.2, -0.15) is 0 Å². The Kier molecular flexibility index (Phi) is 4.74. The Balaban J connectivity index is 1.72. The highest BCUT2D eigenvalue weighted by Crippen LogP contribution is 2.66. The van der Waals surface area contributed by atoms with Crippen molar-refractivity contribution in [3.63, 3.8) is 0 Å². The molecule has 1 amide bonds. The van der Waals surface area contributed by atoms with E-state index in [-0.39, 0.29) is 28.5 Å². The summed E-state index contributed by atoms with van der Waals surface area (Å²) in [6.07, 6.45) is 1.49. The van der Waals surface area contributed by atoms with E-state index in [1.807, 2.05) is 0 Å². The average molecular weight is 453 g/mol. The van der Waals surface area contributed by atoms with E-state index in [2.05, 4.69) is 15.3 Å². The molecule has 4 rings (SSSR count). The number of anilines is 1. The summed E-state index contributed by atoms with van der Waals surface area (Å²) in [7, 11) is 0. The fourth-order valence-electron chi connectivity index (χ4n) is 3.79. The number of amidine groups is 1. The van der Waals surface area contributed by atoms with E-state index in [4.69, 9.17) is 17.3 Å². The molecule has 3 unspecified atom stereocenters. The lowest BCUT2D eigenvalue weighted by molar-refractivity contribution is -0.137. The molecule has 2 aromatic rings. The zero-order valence-corrected chi connectivity index (χ0v) is 17.0. The van der Waals surface area contributed by atoms with Gasteiger partial charge in [-0.25, -0.2) is 13.8 Å². The average Bonchev–Trinajstić information content (AvgIpc) is 3.42. The van der Waals surface area contributed by atoms with E-state index in [1.54, 1.807) is 0 Å². The molecule has 0 radical (unpaired) electrons. The van der Waals surface area contributed by atoms with Gasteiger partial charge in [0.25, 0.3) is 5.91 Å². The molecule has 7 nitrogen and oxygen atoms in total. The zero-order valence-electron chi connectivity index (χ0n) is 15.4. The van der Waals surface area contributed by atoms with Crippen LogP contribution in [-0.2, 0) is 10.3 Å². The first-order valence-corrected chi connectivity index (χ1v) is 9.96. The first-order valence-electron chi connectivity index (χ1n) is 8.77. The van der Waals surface area contributed by atoms with Gasteiger partial charge < -0.3 is 16.2 Å². The number of nitrogens with two attached hydrogens (primary N) is 1. The molecule has 0 bridgehead atoms. The number of benzene rings is 1. The quantitative estimate of drug-likeness (QED) is 0.654. The van der Waals surface area contributed by atoms with E-state index in [0.717, 1.165) is 17.8 Å². The van der Waals surface area contributed by atoms with Crippen molar-refractivity contribution in [3.8, 4) is 0 Å². The number of aromatic nitrogens is 1. The second-order valence-electron chi connectivity index (χ2n) is 7.29. The van der Waals surface area contributed by atoms with Gasteiger partial charge in [-0.05, 0) is 31.5 Å². The van der Waals surface area contributed by atoms with Gasteiger partial charge in [-0.15, -0.1) is 0 Å². The smallest absolute Gasteiger partial charge is 0.320 e. The predicted octanol–water partition coefficient (Wildman–Crippen LogP) is 3.39. The van der Waals surface area contributed by atoms with Gasteiger partial charge in [-0.3, -0.25) is 14.6 Å². The summed E-state index contributed by atoms with van der Waals surface area (Å²) >= 11 is 6.66. The number of carboxylic acids is 1. The topological polar surface area (TPSA) is 118 Å². The first kappa shape index (κ1) is 20.5. The number of nitrogens with zero attached hydrogens (tertiary/aromatic N) is 2. The number of hydrogen-bond acceptors (Lipinski definition) is 6. The number of carbonyl (C=O) groups is 2. The maximum absolute atomic E-state index is 14.8. The van der Waals surface area contributed by atoms with Crippen molar-refractivity contribution in [2.45, 2.75) is 23.6 Å². The van der Waals surface area contributed by atoms with Crippen LogP contribution in [0.5, 0.6) is 0 Å². The number of carbonyl (C=O) groups excluding carboxylic acids is 1. The van der Waals surface area contributed by atoms with Gasteiger partial charge >= 0.3 is 5.97 Å². The van der Waals surface area contributed by atoms with Crippen LogP contribution in [0.4, 0.5) is 14.5 Å². The number of aliphatic carboxylic acids is 1. The number of aliphatic imine (C=N–C) groups is 1. The van der Waals surface area contributed by atoms with Gasteiger partial charge in [0.05, 0.1) is 10.6 Å². The van der Waals surface area contributed by atoms with E-state index >= 15 is 0 Å². The van der Waals surface area contributed by atoms with Gasteiger partial charge in [0, 0.05) is 29.4 Å². The number of carboxylic acid groups (broad SMARTS) is 1. The normalized spacial score (nSPS) is 27.1. The third kappa shape index (κ3) is 3.20. The number of thioether (sulfide) groups is 1. The first-order chi connectivity index (χ1) is 14.1. The SMILES string of the molecule is CC1(c2cc(NC(=O)c3ccc(Cl)cn3)cc(F)c2F)N=C(N)SC2(C(=O)O)CC21. The largest absolute Gasteiger partial charge is 0.480 e. The number of rotatable bonds is 4. The number of nitrogens with one attached hydrogen (secondary N) is 1. The standard InChI is InChI=1S/C19H15ClF2N4O3S/c1-18(13-6-19(13,16(28)29)30-17(23)26-18)10-4-9(5-11(21)14(10)22)25-15(27)12-3-2-8(20)7-24-12/h2-5,7,13H,6H2,1H3,(H2,23,26)(H,25,27)(H,28,29). The van der Waals surface area contributed by atoms with E-state index in [9.17, 15) is 23.5 Å². The molecule has 2 aliphatic rings. The third-order valence-electron chi connectivity index (χ3n) is 5.37. The molecular weight excluding hydrogens is 438 g/mol. The maximum atomic E-state index is 14.8. The lowest BCUT2D eigenvalue weighted by atomic mass is 9.85. The van der Waals surface area contributed by atoms with Crippen LogP contribution in [0.1, 0.15) is 29.4 Å². The summed E-state index contributed by atoms with van der Waals surface area (Å²) in [5, 5.41) is 12.4. The second kappa shape index (κ2) is 6.92. The van der Waals surface area contributed by atoms with Crippen LogP contribution in [-0.4, -0.2) is 31.9 Å². The van der Waals surface area contributed by atoms with Crippen LogP contribution in [0, 0.1) is 17.6 Å². The Hall–Kier alpha value is -2.72. The van der Waals surface area contributed by atoms with Crippen molar-refractivity contribution >= 4 is 46.1 Å². The minimum atomic E-state index is -1.40. The summed E-state index contributed by atoms with van der Waals surface area (Å²) in [6, 6.07) is 4.92. The van der Waals surface area contributed by atoms with E-state index in [1.165, 1.54) is 31.3 Å². The van der Waals surface area contributed by atoms with Crippen LogP contribution >= 0.6 is 23.4 Å². The summed E-state index contributed by atoms with van der Waals surface area (Å²) in [5.41, 5.74) is 4.24. The van der Waals surface area contributed by atoms with E-state index < -0.39 is 39.7 Å². The number of amides is 1. The molecule has 1 aromatic carbocycles. The number of halogens is 3. The molecule has 1 aromatic heterocycles. The maximum Gasteiger partial charge on any atom is 0.320 e. The van der Waals surface area contributed by atoms with Crippen molar-refractivity contribution in [2.75, 3.05) is 5.32 Å². The molecule has 0 saturated heterocycles. The molecule has 0 spiro atoms. The van der Waals surface area contributed by atoms with Gasteiger partial charge in [0.2, 0.25) is 0 Å². The lowest BCUT2D eigenvalue weighted by Crippen LogP contribution is -2.39. The zero-order chi connectivity index (χ0) is 21.8. The number of hydrogen-bond donors (Lipinski definition) is 3. The van der Waals surface area contributed by atoms with Gasteiger partial charge in [-0.1, -0.05) is 23.4 Å². The Morgan fingerprint density at radius 2 is 2.10 bits per heavy atom. The Morgan fingerprint density at radius 3 is 2.73 bits per heavy atom. The Morgan fingerprint density at radius 1 is 1.37 bits per heavy atom. The van der Waals surface area contributed by atoms with Gasteiger partial charge in [0.15, 0.2) is 16.8 Å². The minimum absolute atomic E-state index is 0.0201. The second-order valence-corrected chi connectivity index (χ2v) is 9.07. The highest BCUT2D eigenvalue weighted by atomic mass is 35.5. The van der Waals surface area contributed by atoms with Crippen LogP contribution < -0.4 is 11.1 Å². The molecule has 3 atom stereocenters. The molecule has 1 fully saturated rings. The minimum Gasteiger partial charge on any atom is -0.480 e. The Bertz CT molecular complexity index is 1110. The molecule has 156 valence electrons. The monoisotopic (exact) mass is 452 g/mol. The van der Waals surface area contributed by atoms with Crippen LogP contribution in [0.15, 0.2) is 35.5 Å². The molecule has 11 heteroatoms. The summed E-state index contributed by atoms with van der Waals surface area (Å²) < 4.78 is 28.0. The van der Waals surface area contributed by atoms with Crippen molar-refractivity contribution in [1.82, 2.24) is 4.98 Å². The highest BCUT2D eigenvalue weighted by Gasteiger charge is 2.71. The number of fused-ring (bicyclic) bond motifs is 1. The van der Waals surface area contributed by atoms with Crippen molar-refractivity contribution < 1.29 is 23.5 Å². The summed E-state index contributed by atoms with van der Waals surface area (Å²) in [5.74, 6) is -4.70. The molecule has 4 N–H and O–H groups in total. The Labute approximate surface area is 178 Å². The van der Waals surface area contributed by atoms with Crippen molar-refractivity contribution in [3.05, 3.63) is 58.4 Å². The molecule has 2 heterocycles. The third-order valence-corrected chi connectivity index (χ3v) is 6.89. The molecule has 1 aliphatic heterocycles. The fraction of sp³-hybridized carbons (Fsp3) is 0.263. The summed E-state index contributed by atoms with van der Waals surface area (Å²) in [6.45, 7) is 1.51. The van der Waals surface area contributed by atoms with Gasteiger partial charge in [0.1, 0.15) is 10.4 Å². The molecule has 30 heavy (non-hydrogen) atoms. The molecule has 1 saturated carbocycles. The lowest BCUT2D eigenvalue weighted by Gasteiger charge is -2.33. The van der Waals surface area contributed by atoms with Crippen LogP contribution in [0.2, 0.25) is 5.02 Å². The van der Waals surface area contributed by atoms with Crippen LogP contribution in [0.25, 0.3) is 0 Å². The van der Waals surface area contributed by atoms with E-state index in [0.29, 0.717) is 5.02 Å². The van der Waals surface area contributed by atoms with Crippen molar-refractivity contribution in [1.29, 1.82) is 0 Å². The number of pyridine rings is 1. The summed E-state index contributed by atoms with van der Waals surface area (Å²) in [4.78, 5) is 32.3. The molecular formula is C19H15ClF2N4O3S.